The zero-order chi connectivity index (χ0) is 22.2. The molecule has 3 rings (SSSR count). The number of hydrogen-bond donors (Lipinski definition) is 2. The molecule has 2 heterocycles. The van der Waals surface area contributed by atoms with Gasteiger partial charge < -0.3 is 15.5 Å². The van der Waals surface area contributed by atoms with E-state index in [1.807, 2.05) is 19.1 Å². The number of thioether (sulfide) groups is 1. The van der Waals surface area contributed by atoms with E-state index in [4.69, 9.17) is 0 Å². The second-order valence-electron chi connectivity index (χ2n) is 7.61. The summed E-state index contributed by atoms with van der Waals surface area (Å²) in [4.78, 5) is 26.5. The smallest absolute Gasteiger partial charge is 0.234 e. The van der Waals surface area contributed by atoms with Crippen molar-refractivity contribution < 1.29 is 14.0 Å². The van der Waals surface area contributed by atoms with Crippen molar-refractivity contribution in [1.29, 1.82) is 0 Å². The fourth-order valence-electron chi connectivity index (χ4n) is 3.36. The average molecular weight is 446 g/mol. The Morgan fingerprint density at radius 2 is 2.10 bits per heavy atom. The van der Waals surface area contributed by atoms with Gasteiger partial charge in [0, 0.05) is 25.3 Å². The number of nitrogens with zero attached hydrogens (tertiary/aromatic N) is 3. The van der Waals surface area contributed by atoms with Gasteiger partial charge in [-0.25, -0.2) is 4.39 Å². The Morgan fingerprint density at radius 1 is 1.26 bits per heavy atom. The first-order valence-corrected chi connectivity index (χ1v) is 11.5. The average Bonchev–Trinajstić information content (AvgIpc) is 2.79. The molecule has 1 aliphatic rings. The Labute approximate surface area is 186 Å². The molecule has 31 heavy (non-hydrogen) atoms. The monoisotopic (exact) mass is 445 g/mol. The fourth-order valence-corrected chi connectivity index (χ4v) is 3.97. The highest BCUT2D eigenvalue weighted by molar-refractivity contribution is 7.99. The van der Waals surface area contributed by atoms with Crippen LogP contribution < -0.4 is 15.5 Å². The zero-order valence-electron chi connectivity index (χ0n) is 17.9. The molecule has 2 amide bonds. The SMILES string of the molecule is CCCNC(=O)[C@H]1CCCN(c2ccc(SCC(=O)Nc3ccc(C)c(F)c3)nn2)C1. The quantitative estimate of drug-likeness (QED) is 0.606. The topological polar surface area (TPSA) is 87.2 Å². The van der Waals surface area contributed by atoms with E-state index >= 15 is 0 Å². The fraction of sp³-hybridized carbons (Fsp3) is 0.455. The predicted molar refractivity (Wildman–Crippen MR) is 121 cm³/mol. The van der Waals surface area contributed by atoms with E-state index in [2.05, 4.69) is 25.7 Å². The molecule has 0 spiro atoms. The largest absolute Gasteiger partial charge is 0.356 e. The molecule has 0 radical (unpaired) electrons. The van der Waals surface area contributed by atoms with Crippen LogP contribution in [-0.2, 0) is 9.59 Å². The van der Waals surface area contributed by atoms with Crippen LogP contribution in [0.1, 0.15) is 31.7 Å². The Hall–Kier alpha value is -2.68. The lowest BCUT2D eigenvalue weighted by Crippen LogP contribution is -2.43. The van der Waals surface area contributed by atoms with Gasteiger partial charge in [0.15, 0.2) is 5.82 Å². The molecule has 1 atom stereocenters. The number of aromatic nitrogens is 2. The van der Waals surface area contributed by atoms with E-state index in [1.165, 1.54) is 17.8 Å². The summed E-state index contributed by atoms with van der Waals surface area (Å²) in [6.45, 7) is 5.88. The van der Waals surface area contributed by atoms with E-state index in [1.54, 1.807) is 19.1 Å². The molecule has 0 unspecified atom stereocenters. The summed E-state index contributed by atoms with van der Waals surface area (Å²) < 4.78 is 13.6. The number of benzene rings is 1. The van der Waals surface area contributed by atoms with Crippen LogP contribution in [0.5, 0.6) is 0 Å². The van der Waals surface area contributed by atoms with Gasteiger partial charge in [0.1, 0.15) is 10.8 Å². The highest BCUT2D eigenvalue weighted by atomic mass is 32.2. The molecule has 1 aromatic carbocycles. The van der Waals surface area contributed by atoms with Gasteiger partial charge in [0.25, 0.3) is 0 Å². The third kappa shape index (κ3) is 6.65. The van der Waals surface area contributed by atoms with Crippen molar-refractivity contribution in [2.75, 3.05) is 35.6 Å². The van der Waals surface area contributed by atoms with E-state index in [-0.39, 0.29) is 29.3 Å². The van der Waals surface area contributed by atoms with Crippen molar-refractivity contribution >= 4 is 35.1 Å². The molecule has 1 aromatic heterocycles. The number of hydrogen-bond acceptors (Lipinski definition) is 6. The second-order valence-corrected chi connectivity index (χ2v) is 8.60. The minimum absolute atomic E-state index is 0.0357. The Bertz CT molecular complexity index is 909. The molecule has 9 heteroatoms. The van der Waals surface area contributed by atoms with Crippen molar-refractivity contribution in [3.8, 4) is 0 Å². The van der Waals surface area contributed by atoms with Gasteiger partial charge in [-0.15, -0.1) is 10.2 Å². The first kappa shape index (κ1) is 23.0. The number of piperidine rings is 1. The van der Waals surface area contributed by atoms with Crippen LogP contribution in [0, 0.1) is 18.7 Å². The number of rotatable bonds is 8. The molecule has 2 N–H and O–H groups in total. The molecular formula is C22H28FN5O2S. The number of halogens is 1. The van der Waals surface area contributed by atoms with Crippen LogP contribution in [0.3, 0.4) is 0 Å². The highest BCUT2D eigenvalue weighted by Gasteiger charge is 2.26. The van der Waals surface area contributed by atoms with Gasteiger partial charge in [-0.3, -0.25) is 9.59 Å². The molecule has 0 aliphatic carbocycles. The van der Waals surface area contributed by atoms with Crippen LogP contribution >= 0.6 is 11.8 Å². The molecule has 1 aliphatic heterocycles. The number of carbonyl (C=O) groups is 2. The summed E-state index contributed by atoms with van der Waals surface area (Å²) in [5.74, 6) is 0.354. The Morgan fingerprint density at radius 3 is 2.81 bits per heavy atom. The Balaban J connectivity index is 1.49. The third-order valence-electron chi connectivity index (χ3n) is 5.10. The predicted octanol–water partition coefficient (Wildman–Crippen LogP) is 3.40. The Kier molecular flexibility index (Phi) is 8.22. The van der Waals surface area contributed by atoms with Crippen molar-refractivity contribution in [1.82, 2.24) is 15.5 Å². The van der Waals surface area contributed by atoms with E-state index in [0.717, 1.165) is 31.6 Å². The van der Waals surface area contributed by atoms with Gasteiger partial charge in [-0.1, -0.05) is 24.8 Å². The van der Waals surface area contributed by atoms with E-state index in [9.17, 15) is 14.0 Å². The summed E-state index contributed by atoms with van der Waals surface area (Å²) in [6, 6.07) is 8.30. The van der Waals surface area contributed by atoms with Crippen LogP contribution in [-0.4, -0.2) is 47.4 Å². The number of aryl methyl sites for hydroxylation is 1. The van der Waals surface area contributed by atoms with Gasteiger partial charge in [-0.05, 0) is 56.0 Å². The van der Waals surface area contributed by atoms with Gasteiger partial charge in [-0.2, -0.15) is 0 Å². The highest BCUT2D eigenvalue weighted by Crippen LogP contribution is 2.23. The second kappa shape index (κ2) is 11.1. The number of carbonyl (C=O) groups excluding carboxylic acids is 2. The minimum Gasteiger partial charge on any atom is -0.356 e. The molecule has 7 nitrogen and oxygen atoms in total. The van der Waals surface area contributed by atoms with Crippen LogP contribution in [0.2, 0.25) is 0 Å². The van der Waals surface area contributed by atoms with Crippen LogP contribution in [0.15, 0.2) is 35.4 Å². The maximum absolute atomic E-state index is 13.6. The minimum atomic E-state index is -0.352. The molecule has 1 saturated heterocycles. The van der Waals surface area contributed by atoms with Crippen LogP contribution in [0.4, 0.5) is 15.9 Å². The normalized spacial score (nSPS) is 16.1. The summed E-state index contributed by atoms with van der Waals surface area (Å²) in [5.41, 5.74) is 0.960. The van der Waals surface area contributed by atoms with Gasteiger partial charge in [0.2, 0.25) is 11.8 Å². The van der Waals surface area contributed by atoms with Crippen LogP contribution in [0.25, 0.3) is 0 Å². The zero-order valence-corrected chi connectivity index (χ0v) is 18.7. The lowest BCUT2D eigenvalue weighted by atomic mass is 9.97. The molecule has 1 fully saturated rings. The maximum atomic E-state index is 13.6. The van der Waals surface area contributed by atoms with Crippen molar-refractivity contribution in [2.45, 2.75) is 38.1 Å². The van der Waals surface area contributed by atoms with Crippen molar-refractivity contribution in [3.63, 3.8) is 0 Å². The van der Waals surface area contributed by atoms with E-state index < -0.39 is 0 Å². The first-order valence-electron chi connectivity index (χ1n) is 10.5. The number of amides is 2. The lowest BCUT2D eigenvalue weighted by molar-refractivity contribution is -0.125. The summed E-state index contributed by atoms with van der Waals surface area (Å²) in [5, 5.41) is 14.8. The first-order chi connectivity index (χ1) is 15.0. The third-order valence-corrected chi connectivity index (χ3v) is 6.02. The maximum Gasteiger partial charge on any atom is 0.234 e. The van der Waals surface area contributed by atoms with Crippen molar-refractivity contribution in [3.05, 3.63) is 41.7 Å². The summed E-state index contributed by atoms with van der Waals surface area (Å²) in [6.07, 6.45) is 2.74. The standard InChI is InChI=1S/C22H28FN5O2S/c1-3-10-24-22(30)16-5-4-11-28(13-16)19-8-9-21(27-26-19)31-14-20(29)25-17-7-6-15(2)18(23)12-17/h6-9,12,16H,3-5,10-11,13-14H2,1-2H3,(H,24,30)(H,25,29)/t16-/m0/s1. The molecule has 0 saturated carbocycles. The summed E-state index contributed by atoms with van der Waals surface area (Å²) >= 11 is 1.26. The number of nitrogens with one attached hydrogen (secondary N) is 2. The van der Waals surface area contributed by atoms with Gasteiger partial charge >= 0.3 is 0 Å². The molecule has 0 bridgehead atoms. The molecule has 166 valence electrons. The molecule has 2 aromatic rings. The van der Waals surface area contributed by atoms with Crippen molar-refractivity contribution in [2.24, 2.45) is 5.92 Å². The number of anilines is 2. The van der Waals surface area contributed by atoms with E-state index in [0.29, 0.717) is 29.4 Å². The summed E-state index contributed by atoms with van der Waals surface area (Å²) in [7, 11) is 0. The molecular weight excluding hydrogens is 417 g/mol. The lowest BCUT2D eigenvalue weighted by Gasteiger charge is -2.32. The van der Waals surface area contributed by atoms with Gasteiger partial charge in [0.05, 0.1) is 11.7 Å².